The highest BCUT2D eigenvalue weighted by Crippen LogP contribution is 2.22. The van der Waals surface area contributed by atoms with Gasteiger partial charge in [0.25, 0.3) is 0 Å². The van der Waals surface area contributed by atoms with Crippen LogP contribution in [-0.4, -0.2) is 0 Å². The molecule has 1 aromatic rings. The van der Waals surface area contributed by atoms with Crippen LogP contribution in [0.3, 0.4) is 0 Å². The first-order valence-electron chi connectivity index (χ1n) is 3.19. The average Bonchev–Trinajstić information content (AvgIpc) is 1.85. The SMILES string of the molecule is C[C@@H](Br)c1cc(F)cc(F)c1. The summed E-state index contributed by atoms with van der Waals surface area (Å²) in [5.74, 6) is -1.07. The summed E-state index contributed by atoms with van der Waals surface area (Å²) in [7, 11) is 0. The molecule has 1 rings (SSSR count). The molecule has 0 aliphatic rings. The predicted octanol–water partition coefficient (Wildman–Crippen LogP) is 3.42. The highest BCUT2D eigenvalue weighted by atomic mass is 79.9. The molecule has 0 N–H and O–H groups in total. The Labute approximate surface area is 72.4 Å². The lowest BCUT2D eigenvalue weighted by molar-refractivity contribution is 0.580. The van der Waals surface area contributed by atoms with Crippen LogP contribution in [0.2, 0.25) is 0 Å². The molecule has 1 aromatic carbocycles. The molecule has 0 amide bonds. The van der Waals surface area contributed by atoms with Gasteiger partial charge in [-0.05, 0) is 24.6 Å². The van der Waals surface area contributed by atoms with Crippen molar-refractivity contribution in [3.05, 3.63) is 35.4 Å². The van der Waals surface area contributed by atoms with Crippen LogP contribution in [0.25, 0.3) is 0 Å². The van der Waals surface area contributed by atoms with Gasteiger partial charge in [-0.1, -0.05) is 15.9 Å². The third kappa shape index (κ3) is 2.26. The lowest BCUT2D eigenvalue weighted by Crippen LogP contribution is -1.87. The van der Waals surface area contributed by atoms with Crippen molar-refractivity contribution in [3.8, 4) is 0 Å². The molecule has 0 spiro atoms. The maximum Gasteiger partial charge on any atom is 0.126 e. The van der Waals surface area contributed by atoms with E-state index in [1.807, 2.05) is 6.92 Å². The third-order valence-corrected chi connectivity index (χ3v) is 1.87. The van der Waals surface area contributed by atoms with E-state index in [1.165, 1.54) is 12.1 Å². The van der Waals surface area contributed by atoms with Crippen molar-refractivity contribution in [2.75, 3.05) is 0 Å². The Kier molecular flexibility index (Phi) is 2.60. The highest BCUT2D eigenvalue weighted by molar-refractivity contribution is 9.09. The lowest BCUT2D eigenvalue weighted by atomic mass is 10.2. The summed E-state index contributed by atoms with van der Waals surface area (Å²) in [4.78, 5) is -0.0206. The zero-order valence-electron chi connectivity index (χ0n) is 5.94. The zero-order valence-corrected chi connectivity index (χ0v) is 7.53. The standard InChI is InChI=1S/C8H7BrF2/c1-5(9)6-2-7(10)4-8(11)3-6/h2-5H,1H3/t5-/m1/s1. The Hall–Kier alpha value is -0.440. The van der Waals surface area contributed by atoms with Gasteiger partial charge in [0.1, 0.15) is 11.6 Å². The van der Waals surface area contributed by atoms with Crippen molar-refractivity contribution < 1.29 is 8.78 Å². The minimum atomic E-state index is -0.536. The van der Waals surface area contributed by atoms with Crippen molar-refractivity contribution >= 4 is 15.9 Å². The smallest absolute Gasteiger partial charge is 0.126 e. The largest absolute Gasteiger partial charge is 0.207 e. The summed E-state index contributed by atoms with van der Waals surface area (Å²) < 4.78 is 25.1. The minimum absolute atomic E-state index is 0.0206. The molecular formula is C8H7BrF2. The number of alkyl halides is 1. The summed E-state index contributed by atoms with van der Waals surface area (Å²) >= 11 is 3.22. The lowest BCUT2D eigenvalue weighted by Gasteiger charge is -2.02. The van der Waals surface area contributed by atoms with Crippen molar-refractivity contribution in [1.82, 2.24) is 0 Å². The number of rotatable bonds is 1. The van der Waals surface area contributed by atoms with Gasteiger partial charge >= 0.3 is 0 Å². The Morgan fingerprint density at radius 3 is 2.00 bits per heavy atom. The number of benzene rings is 1. The van der Waals surface area contributed by atoms with E-state index in [9.17, 15) is 8.78 Å². The van der Waals surface area contributed by atoms with Gasteiger partial charge in [0, 0.05) is 10.9 Å². The first kappa shape index (κ1) is 8.65. The molecule has 0 radical (unpaired) electrons. The Morgan fingerprint density at radius 2 is 1.64 bits per heavy atom. The van der Waals surface area contributed by atoms with Crippen LogP contribution in [0.15, 0.2) is 18.2 Å². The maximum atomic E-state index is 12.5. The Balaban J connectivity index is 3.08. The molecule has 0 saturated heterocycles. The second-order valence-electron chi connectivity index (χ2n) is 2.32. The van der Waals surface area contributed by atoms with Crippen LogP contribution in [0.1, 0.15) is 17.3 Å². The molecule has 0 aromatic heterocycles. The molecule has 0 aliphatic heterocycles. The minimum Gasteiger partial charge on any atom is -0.207 e. The average molecular weight is 221 g/mol. The van der Waals surface area contributed by atoms with Gasteiger partial charge in [-0.3, -0.25) is 0 Å². The van der Waals surface area contributed by atoms with Gasteiger partial charge in [0.15, 0.2) is 0 Å². The van der Waals surface area contributed by atoms with Crippen molar-refractivity contribution in [2.24, 2.45) is 0 Å². The molecule has 11 heavy (non-hydrogen) atoms. The fraction of sp³-hybridized carbons (Fsp3) is 0.250. The molecule has 0 nitrogen and oxygen atoms in total. The van der Waals surface area contributed by atoms with Gasteiger partial charge < -0.3 is 0 Å². The van der Waals surface area contributed by atoms with Gasteiger partial charge in [-0.15, -0.1) is 0 Å². The van der Waals surface area contributed by atoms with Crippen LogP contribution >= 0.6 is 15.9 Å². The van der Waals surface area contributed by atoms with E-state index in [0.717, 1.165) is 6.07 Å². The molecule has 60 valence electrons. The Bertz CT molecular complexity index is 238. The van der Waals surface area contributed by atoms with E-state index in [2.05, 4.69) is 15.9 Å². The molecule has 0 aliphatic carbocycles. The van der Waals surface area contributed by atoms with Crippen molar-refractivity contribution in [2.45, 2.75) is 11.8 Å². The highest BCUT2D eigenvalue weighted by Gasteiger charge is 2.04. The summed E-state index contributed by atoms with van der Waals surface area (Å²) in [6.07, 6.45) is 0. The molecule has 3 heteroatoms. The molecular weight excluding hydrogens is 214 g/mol. The van der Waals surface area contributed by atoms with Gasteiger partial charge in [-0.25, -0.2) is 8.78 Å². The quantitative estimate of drug-likeness (QED) is 0.637. The zero-order chi connectivity index (χ0) is 8.43. The second kappa shape index (κ2) is 3.30. The third-order valence-electron chi connectivity index (χ3n) is 1.34. The number of hydrogen-bond acceptors (Lipinski definition) is 0. The van der Waals surface area contributed by atoms with E-state index in [1.54, 1.807) is 0 Å². The fourth-order valence-corrected chi connectivity index (χ4v) is 1.07. The van der Waals surface area contributed by atoms with E-state index < -0.39 is 11.6 Å². The van der Waals surface area contributed by atoms with Crippen LogP contribution in [0, 0.1) is 11.6 Å². The molecule has 0 heterocycles. The van der Waals surface area contributed by atoms with Crippen LogP contribution in [0.5, 0.6) is 0 Å². The number of halogens is 3. The maximum absolute atomic E-state index is 12.5. The first-order chi connectivity index (χ1) is 5.09. The predicted molar refractivity (Wildman–Crippen MR) is 43.7 cm³/mol. The summed E-state index contributed by atoms with van der Waals surface area (Å²) in [5.41, 5.74) is 0.613. The molecule has 1 atom stereocenters. The van der Waals surface area contributed by atoms with Crippen LogP contribution in [0.4, 0.5) is 8.78 Å². The monoisotopic (exact) mass is 220 g/mol. The second-order valence-corrected chi connectivity index (χ2v) is 3.69. The van der Waals surface area contributed by atoms with Gasteiger partial charge in [0.2, 0.25) is 0 Å². The molecule has 0 fully saturated rings. The van der Waals surface area contributed by atoms with E-state index in [4.69, 9.17) is 0 Å². The molecule has 0 bridgehead atoms. The normalized spacial score (nSPS) is 13.1. The van der Waals surface area contributed by atoms with E-state index in [0.29, 0.717) is 5.56 Å². The molecule has 0 saturated carbocycles. The summed E-state index contributed by atoms with van der Waals surface area (Å²) in [6.45, 7) is 1.81. The molecule has 0 unspecified atom stereocenters. The van der Waals surface area contributed by atoms with Gasteiger partial charge in [0.05, 0.1) is 0 Å². The van der Waals surface area contributed by atoms with Gasteiger partial charge in [-0.2, -0.15) is 0 Å². The summed E-state index contributed by atoms with van der Waals surface area (Å²) in [5, 5.41) is 0. The summed E-state index contributed by atoms with van der Waals surface area (Å²) in [6, 6.07) is 3.48. The fourth-order valence-electron chi connectivity index (χ4n) is 0.805. The van der Waals surface area contributed by atoms with Crippen molar-refractivity contribution in [3.63, 3.8) is 0 Å². The topological polar surface area (TPSA) is 0 Å². The van der Waals surface area contributed by atoms with Crippen LogP contribution in [-0.2, 0) is 0 Å². The number of hydrogen-bond donors (Lipinski definition) is 0. The van der Waals surface area contributed by atoms with E-state index in [-0.39, 0.29) is 4.83 Å². The van der Waals surface area contributed by atoms with E-state index >= 15 is 0 Å². The van der Waals surface area contributed by atoms with Crippen molar-refractivity contribution in [1.29, 1.82) is 0 Å². The van der Waals surface area contributed by atoms with Crippen LogP contribution < -0.4 is 0 Å². The Morgan fingerprint density at radius 1 is 1.18 bits per heavy atom. The first-order valence-corrected chi connectivity index (χ1v) is 4.11.